The average Bonchev–Trinajstić information content (AvgIpc) is 2.55. The molecule has 7 nitrogen and oxygen atoms in total. The van der Waals surface area contributed by atoms with Crippen LogP contribution in [0.4, 0.5) is 0 Å². The lowest BCUT2D eigenvalue weighted by molar-refractivity contribution is -0.144. The highest BCUT2D eigenvalue weighted by Gasteiger charge is 2.25. The van der Waals surface area contributed by atoms with Crippen molar-refractivity contribution < 1.29 is 29.0 Å². The summed E-state index contributed by atoms with van der Waals surface area (Å²) >= 11 is 0. The van der Waals surface area contributed by atoms with E-state index >= 15 is 0 Å². The lowest BCUT2D eigenvalue weighted by atomic mass is 10.1. The molecule has 0 saturated carbocycles. The van der Waals surface area contributed by atoms with Gasteiger partial charge in [0.1, 0.15) is 6.04 Å². The van der Waals surface area contributed by atoms with Crippen molar-refractivity contribution in [3.8, 4) is 0 Å². The van der Waals surface area contributed by atoms with Crippen LogP contribution >= 0.6 is 0 Å². The minimum atomic E-state index is -1.21. The summed E-state index contributed by atoms with van der Waals surface area (Å²) in [6.45, 7) is 1.90. The van der Waals surface area contributed by atoms with Gasteiger partial charge in [-0.05, 0) is 18.9 Å². The first-order valence-corrected chi connectivity index (χ1v) is 7.43. The number of carbonyl (C=O) groups is 3. The van der Waals surface area contributed by atoms with Crippen LogP contribution in [0.3, 0.4) is 0 Å². The maximum atomic E-state index is 12.3. The van der Waals surface area contributed by atoms with Gasteiger partial charge < -0.3 is 19.9 Å². The number of aliphatic carboxylic acids is 1. The molecule has 0 aromatic heterocycles. The molecule has 0 aliphatic carbocycles. The summed E-state index contributed by atoms with van der Waals surface area (Å²) in [5, 5.41) is 11.6. The van der Waals surface area contributed by atoms with Gasteiger partial charge in [0.05, 0.1) is 6.61 Å². The van der Waals surface area contributed by atoms with Crippen LogP contribution in [0.1, 0.15) is 25.0 Å². The van der Waals surface area contributed by atoms with Crippen molar-refractivity contribution in [2.75, 3.05) is 13.7 Å². The largest absolute Gasteiger partial charge is 0.480 e. The Morgan fingerprint density at radius 1 is 1.25 bits per heavy atom. The Morgan fingerprint density at radius 3 is 2.46 bits per heavy atom. The van der Waals surface area contributed by atoms with Gasteiger partial charge in [0.2, 0.25) is 0 Å². The number of benzene rings is 1. The Kier molecular flexibility index (Phi) is 8.21. The highest BCUT2D eigenvalue weighted by atomic mass is 16.5. The molecule has 0 spiro atoms. The zero-order chi connectivity index (χ0) is 17.9. The van der Waals surface area contributed by atoms with Crippen LogP contribution in [-0.2, 0) is 23.9 Å². The molecule has 0 aliphatic heterocycles. The van der Waals surface area contributed by atoms with Gasteiger partial charge >= 0.3 is 11.9 Å². The van der Waals surface area contributed by atoms with Gasteiger partial charge in [-0.2, -0.15) is 0 Å². The summed E-state index contributed by atoms with van der Waals surface area (Å²) in [5.41, 5.74) is 0.615. The lowest BCUT2D eigenvalue weighted by Crippen LogP contribution is -2.43. The average molecular weight is 335 g/mol. The minimum absolute atomic E-state index is 0.0505. The molecule has 0 bridgehead atoms. The first-order chi connectivity index (χ1) is 11.5. The molecule has 1 aromatic carbocycles. The van der Waals surface area contributed by atoms with E-state index in [0.717, 1.165) is 6.08 Å². The van der Waals surface area contributed by atoms with Crippen molar-refractivity contribution in [3.63, 3.8) is 0 Å². The fraction of sp³-hybridized carbons (Fsp3) is 0.353. The second-order valence-electron chi connectivity index (χ2n) is 4.82. The first kappa shape index (κ1) is 19.4. The monoisotopic (exact) mass is 335 g/mol. The van der Waals surface area contributed by atoms with Gasteiger partial charge in [0.25, 0.3) is 5.91 Å². The van der Waals surface area contributed by atoms with E-state index in [0.29, 0.717) is 5.56 Å². The SMILES string of the molecule is CCOC(=O)/C=C/C[C@H](NC(=O)[C@@H](OC)c1ccccc1)C(=O)O. The summed E-state index contributed by atoms with van der Waals surface area (Å²) in [6.07, 6.45) is 1.52. The second kappa shape index (κ2) is 10.2. The highest BCUT2D eigenvalue weighted by Crippen LogP contribution is 2.16. The first-order valence-electron chi connectivity index (χ1n) is 7.43. The number of hydrogen-bond acceptors (Lipinski definition) is 5. The van der Waals surface area contributed by atoms with Crippen molar-refractivity contribution in [2.24, 2.45) is 0 Å². The molecule has 24 heavy (non-hydrogen) atoms. The predicted molar refractivity (Wildman–Crippen MR) is 86.1 cm³/mol. The number of carbonyl (C=O) groups excluding carboxylic acids is 2. The van der Waals surface area contributed by atoms with E-state index < -0.39 is 30.0 Å². The van der Waals surface area contributed by atoms with E-state index in [1.807, 2.05) is 0 Å². The number of rotatable bonds is 9. The van der Waals surface area contributed by atoms with E-state index in [2.05, 4.69) is 5.32 Å². The van der Waals surface area contributed by atoms with Crippen LogP contribution in [0.25, 0.3) is 0 Å². The molecular formula is C17H21NO6. The van der Waals surface area contributed by atoms with Crippen molar-refractivity contribution in [1.82, 2.24) is 5.32 Å². The Bertz CT molecular complexity index is 584. The highest BCUT2D eigenvalue weighted by molar-refractivity contribution is 5.87. The maximum absolute atomic E-state index is 12.3. The van der Waals surface area contributed by atoms with Gasteiger partial charge in [-0.15, -0.1) is 0 Å². The molecule has 130 valence electrons. The number of carboxylic acids is 1. The molecule has 0 saturated heterocycles. The quantitative estimate of drug-likeness (QED) is 0.523. The van der Waals surface area contributed by atoms with Gasteiger partial charge in [-0.3, -0.25) is 4.79 Å². The van der Waals surface area contributed by atoms with E-state index in [9.17, 15) is 19.5 Å². The summed E-state index contributed by atoms with van der Waals surface area (Å²) in [4.78, 5) is 34.7. The fourth-order valence-corrected chi connectivity index (χ4v) is 1.98. The van der Waals surface area contributed by atoms with Crippen LogP contribution in [-0.4, -0.2) is 42.7 Å². The summed E-state index contributed by atoms with van der Waals surface area (Å²) in [7, 11) is 1.37. The third-order valence-corrected chi connectivity index (χ3v) is 3.10. The topological polar surface area (TPSA) is 102 Å². The normalized spacial score (nSPS) is 13.2. The number of carboxylic acid groups (broad SMARTS) is 1. The Morgan fingerprint density at radius 2 is 1.92 bits per heavy atom. The number of hydrogen-bond donors (Lipinski definition) is 2. The van der Waals surface area contributed by atoms with E-state index in [1.165, 1.54) is 13.2 Å². The Hall–Kier alpha value is -2.67. The van der Waals surface area contributed by atoms with Crippen LogP contribution in [0.2, 0.25) is 0 Å². The lowest BCUT2D eigenvalue weighted by Gasteiger charge is -2.19. The van der Waals surface area contributed by atoms with Crippen LogP contribution in [0.5, 0.6) is 0 Å². The van der Waals surface area contributed by atoms with Crippen LogP contribution < -0.4 is 5.32 Å². The molecular weight excluding hydrogens is 314 g/mol. The third-order valence-electron chi connectivity index (χ3n) is 3.10. The number of esters is 1. The van der Waals surface area contributed by atoms with E-state index in [1.54, 1.807) is 37.3 Å². The Balaban J connectivity index is 2.71. The molecule has 0 heterocycles. The molecule has 0 fully saturated rings. The molecule has 2 N–H and O–H groups in total. The van der Waals surface area contributed by atoms with E-state index in [4.69, 9.17) is 9.47 Å². The third kappa shape index (κ3) is 6.21. The van der Waals surface area contributed by atoms with Crippen molar-refractivity contribution in [2.45, 2.75) is 25.5 Å². The molecule has 1 rings (SSSR count). The molecule has 0 aliphatic rings. The van der Waals surface area contributed by atoms with Crippen LogP contribution in [0.15, 0.2) is 42.5 Å². The molecule has 2 atom stereocenters. The van der Waals surface area contributed by atoms with Gasteiger partial charge in [-0.1, -0.05) is 36.4 Å². The van der Waals surface area contributed by atoms with Crippen molar-refractivity contribution in [1.29, 1.82) is 0 Å². The number of amides is 1. The zero-order valence-corrected chi connectivity index (χ0v) is 13.6. The summed E-state index contributed by atoms with van der Waals surface area (Å²) in [6, 6.07) is 7.56. The smallest absolute Gasteiger partial charge is 0.330 e. The van der Waals surface area contributed by atoms with Crippen molar-refractivity contribution in [3.05, 3.63) is 48.0 Å². The van der Waals surface area contributed by atoms with E-state index in [-0.39, 0.29) is 13.0 Å². The Labute approximate surface area is 140 Å². The zero-order valence-electron chi connectivity index (χ0n) is 13.6. The number of methoxy groups -OCH3 is 1. The molecule has 0 unspecified atom stereocenters. The maximum Gasteiger partial charge on any atom is 0.330 e. The predicted octanol–water partition coefficient (Wildman–Crippen LogP) is 1.45. The van der Waals surface area contributed by atoms with Gasteiger partial charge in [0, 0.05) is 13.2 Å². The van der Waals surface area contributed by atoms with Gasteiger partial charge in [-0.25, -0.2) is 9.59 Å². The minimum Gasteiger partial charge on any atom is -0.480 e. The molecule has 1 aromatic rings. The standard InChI is InChI=1S/C17H21NO6/c1-3-24-14(19)11-7-10-13(17(21)22)18-16(20)15(23-2)12-8-5-4-6-9-12/h4-9,11,13,15H,3,10H2,1-2H3,(H,18,20)(H,21,22)/b11-7+/t13-,15-/m0/s1. The molecule has 1 amide bonds. The van der Waals surface area contributed by atoms with Crippen LogP contribution in [0, 0.1) is 0 Å². The summed E-state index contributed by atoms with van der Waals surface area (Å²) in [5.74, 6) is -2.34. The van der Waals surface area contributed by atoms with Crippen molar-refractivity contribution >= 4 is 17.8 Å². The number of ether oxygens (including phenoxy) is 2. The van der Waals surface area contributed by atoms with Gasteiger partial charge in [0.15, 0.2) is 6.10 Å². The molecule has 7 heteroatoms. The summed E-state index contributed by atoms with van der Waals surface area (Å²) < 4.78 is 9.85. The molecule has 0 radical (unpaired) electrons. The fourth-order valence-electron chi connectivity index (χ4n) is 1.98. The number of nitrogens with one attached hydrogen (secondary N) is 1. The second-order valence-corrected chi connectivity index (χ2v) is 4.82.